The Morgan fingerprint density at radius 3 is 2.82 bits per heavy atom. The fourth-order valence-corrected chi connectivity index (χ4v) is 3.45. The number of carbonyl (C=O) groups excluding carboxylic acids is 1. The molecule has 2 aliphatic rings. The molecular formula is C14H26N2O. The summed E-state index contributed by atoms with van der Waals surface area (Å²) in [5.74, 6) is 0.852. The van der Waals surface area contributed by atoms with Crippen LogP contribution in [-0.2, 0) is 4.79 Å². The average molecular weight is 238 g/mol. The van der Waals surface area contributed by atoms with E-state index < -0.39 is 0 Å². The molecular weight excluding hydrogens is 212 g/mol. The van der Waals surface area contributed by atoms with Crippen LogP contribution in [0.15, 0.2) is 0 Å². The highest BCUT2D eigenvalue weighted by Gasteiger charge is 2.47. The molecule has 0 aromatic carbocycles. The van der Waals surface area contributed by atoms with Crippen molar-refractivity contribution in [1.82, 2.24) is 10.2 Å². The summed E-state index contributed by atoms with van der Waals surface area (Å²) in [7, 11) is 0. The first-order valence-corrected chi connectivity index (χ1v) is 7.13. The lowest BCUT2D eigenvalue weighted by atomic mass is 9.75. The molecule has 1 amide bonds. The van der Waals surface area contributed by atoms with Gasteiger partial charge < -0.3 is 10.2 Å². The minimum atomic E-state index is -0.127. The van der Waals surface area contributed by atoms with Crippen LogP contribution >= 0.6 is 0 Å². The van der Waals surface area contributed by atoms with Crippen LogP contribution in [-0.4, -0.2) is 36.5 Å². The van der Waals surface area contributed by atoms with Crippen molar-refractivity contribution in [2.24, 2.45) is 11.3 Å². The van der Waals surface area contributed by atoms with Crippen molar-refractivity contribution in [1.29, 1.82) is 0 Å². The summed E-state index contributed by atoms with van der Waals surface area (Å²) in [6, 6.07) is 0.499. The molecule has 2 unspecified atom stereocenters. The monoisotopic (exact) mass is 238 g/mol. The molecule has 3 nitrogen and oxygen atoms in total. The Kier molecular flexibility index (Phi) is 3.76. The van der Waals surface area contributed by atoms with Crippen molar-refractivity contribution in [3.63, 3.8) is 0 Å². The predicted octanol–water partition coefficient (Wildman–Crippen LogP) is 2.02. The van der Waals surface area contributed by atoms with E-state index in [2.05, 4.69) is 31.0 Å². The molecule has 0 radical (unpaired) electrons. The van der Waals surface area contributed by atoms with E-state index in [9.17, 15) is 4.79 Å². The van der Waals surface area contributed by atoms with E-state index in [-0.39, 0.29) is 5.41 Å². The van der Waals surface area contributed by atoms with Gasteiger partial charge in [-0.1, -0.05) is 20.8 Å². The zero-order valence-electron chi connectivity index (χ0n) is 11.5. The van der Waals surface area contributed by atoms with E-state index in [1.165, 1.54) is 12.8 Å². The van der Waals surface area contributed by atoms with E-state index in [1.54, 1.807) is 0 Å². The molecule has 2 fully saturated rings. The van der Waals surface area contributed by atoms with E-state index in [0.717, 1.165) is 32.5 Å². The Bertz CT molecular complexity index is 282. The normalized spacial score (nSPS) is 33.6. The maximum Gasteiger partial charge on any atom is 0.230 e. The number of carbonyl (C=O) groups is 1. The first-order valence-electron chi connectivity index (χ1n) is 7.13. The van der Waals surface area contributed by atoms with Gasteiger partial charge in [0, 0.05) is 19.1 Å². The summed E-state index contributed by atoms with van der Waals surface area (Å²) in [6.45, 7) is 9.44. The van der Waals surface area contributed by atoms with Crippen molar-refractivity contribution >= 4 is 5.91 Å². The van der Waals surface area contributed by atoms with Gasteiger partial charge in [-0.25, -0.2) is 0 Å². The SMILES string of the molecule is CCC1CCCN1C(=O)C1(C(C)C)CCNC1. The molecule has 0 aromatic rings. The number of hydrogen-bond acceptors (Lipinski definition) is 2. The molecule has 2 rings (SSSR count). The van der Waals surface area contributed by atoms with Crippen LogP contribution in [0.1, 0.15) is 46.5 Å². The lowest BCUT2D eigenvalue weighted by Crippen LogP contribution is -2.49. The van der Waals surface area contributed by atoms with E-state index in [1.807, 2.05) is 0 Å². The summed E-state index contributed by atoms with van der Waals surface area (Å²) in [5, 5.41) is 3.38. The van der Waals surface area contributed by atoms with Crippen LogP contribution in [0, 0.1) is 11.3 Å². The Morgan fingerprint density at radius 1 is 1.53 bits per heavy atom. The Hall–Kier alpha value is -0.570. The first-order chi connectivity index (χ1) is 8.12. The van der Waals surface area contributed by atoms with Gasteiger partial charge in [-0.15, -0.1) is 0 Å². The number of likely N-dealkylation sites (tertiary alicyclic amines) is 1. The molecule has 0 aromatic heterocycles. The Labute approximate surface area is 105 Å². The van der Waals surface area contributed by atoms with E-state index in [4.69, 9.17) is 0 Å². The summed E-state index contributed by atoms with van der Waals surface area (Å²) in [4.78, 5) is 15.0. The number of nitrogens with zero attached hydrogens (tertiary/aromatic N) is 1. The summed E-state index contributed by atoms with van der Waals surface area (Å²) in [5.41, 5.74) is -0.127. The predicted molar refractivity (Wildman–Crippen MR) is 69.8 cm³/mol. The molecule has 0 saturated carbocycles. The second-order valence-corrected chi connectivity index (χ2v) is 5.94. The standard InChI is InChI=1S/C14H26N2O/c1-4-12-6-5-9-16(12)13(17)14(11(2)3)7-8-15-10-14/h11-12,15H,4-10H2,1-3H3. The van der Waals surface area contributed by atoms with Crippen molar-refractivity contribution in [3.8, 4) is 0 Å². The van der Waals surface area contributed by atoms with Gasteiger partial charge in [0.2, 0.25) is 5.91 Å². The van der Waals surface area contributed by atoms with Crippen LogP contribution in [0.2, 0.25) is 0 Å². The van der Waals surface area contributed by atoms with Crippen molar-refractivity contribution < 1.29 is 4.79 Å². The molecule has 2 saturated heterocycles. The zero-order valence-corrected chi connectivity index (χ0v) is 11.5. The van der Waals surface area contributed by atoms with Crippen molar-refractivity contribution in [3.05, 3.63) is 0 Å². The van der Waals surface area contributed by atoms with Gasteiger partial charge in [-0.2, -0.15) is 0 Å². The molecule has 0 bridgehead atoms. The molecule has 1 N–H and O–H groups in total. The third-order valence-electron chi connectivity index (χ3n) is 4.83. The number of nitrogens with one attached hydrogen (secondary N) is 1. The highest BCUT2D eigenvalue weighted by molar-refractivity contribution is 5.84. The van der Waals surface area contributed by atoms with E-state index >= 15 is 0 Å². The summed E-state index contributed by atoms with van der Waals surface area (Å²) in [6.07, 6.45) is 4.50. The summed E-state index contributed by atoms with van der Waals surface area (Å²) < 4.78 is 0. The quantitative estimate of drug-likeness (QED) is 0.816. The smallest absolute Gasteiger partial charge is 0.230 e. The van der Waals surface area contributed by atoms with Crippen molar-refractivity contribution in [2.75, 3.05) is 19.6 Å². The third kappa shape index (κ3) is 2.10. The highest BCUT2D eigenvalue weighted by atomic mass is 16.2. The molecule has 2 aliphatic heterocycles. The fourth-order valence-electron chi connectivity index (χ4n) is 3.45. The van der Waals surface area contributed by atoms with Crippen LogP contribution in [0.5, 0.6) is 0 Å². The summed E-state index contributed by atoms with van der Waals surface area (Å²) >= 11 is 0. The highest BCUT2D eigenvalue weighted by Crippen LogP contribution is 2.38. The van der Waals surface area contributed by atoms with Gasteiger partial charge in [-0.05, 0) is 38.1 Å². The van der Waals surface area contributed by atoms with E-state index in [0.29, 0.717) is 17.9 Å². The van der Waals surface area contributed by atoms with Gasteiger partial charge in [0.1, 0.15) is 0 Å². The molecule has 2 atom stereocenters. The topological polar surface area (TPSA) is 32.3 Å². The molecule has 2 heterocycles. The maximum atomic E-state index is 12.9. The Balaban J connectivity index is 2.17. The van der Waals surface area contributed by atoms with Gasteiger partial charge in [0.15, 0.2) is 0 Å². The number of hydrogen-bond donors (Lipinski definition) is 1. The van der Waals surface area contributed by atoms with Crippen LogP contribution in [0.4, 0.5) is 0 Å². The third-order valence-corrected chi connectivity index (χ3v) is 4.83. The lowest BCUT2D eigenvalue weighted by molar-refractivity contribution is -0.144. The maximum absolute atomic E-state index is 12.9. The average Bonchev–Trinajstić information content (AvgIpc) is 2.97. The van der Waals surface area contributed by atoms with Gasteiger partial charge in [0.25, 0.3) is 0 Å². The second-order valence-electron chi connectivity index (χ2n) is 5.94. The van der Waals surface area contributed by atoms with Gasteiger partial charge in [0.05, 0.1) is 5.41 Å². The van der Waals surface area contributed by atoms with Gasteiger partial charge >= 0.3 is 0 Å². The van der Waals surface area contributed by atoms with Crippen LogP contribution < -0.4 is 5.32 Å². The van der Waals surface area contributed by atoms with Crippen molar-refractivity contribution in [2.45, 2.75) is 52.5 Å². The zero-order chi connectivity index (χ0) is 12.5. The molecule has 98 valence electrons. The molecule has 0 aliphatic carbocycles. The minimum absolute atomic E-state index is 0.127. The number of amides is 1. The largest absolute Gasteiger partial charge is 0.339 e. The fraction of sp³-hybridized carbons (Fsp3) is 0.929. The Morgan fingerprint density at radius 2 is 2.29 bits per heavy atom. The van der Waals surface area contributed by atoms with Crippen LogP contribution in [0.25, 0.3) is 0 Å². The minimum Gasteiger partial charge on any atom is -0.339 e. The first kappa shape index (κ1) is 12.9. The molecule has 3 heteroatoms. The molecule has 0 spiro atoms. The second kappa shape index (κ2) is 4.97. The number of rotatable bonds is 3. The van der Waals surface area contributed by atoms with Crippen LogP contribution in [0.3, 0.4) is 0 Å². The lowest BCUT2D eigenvalue weighted by Gasteiger charge is -2.37. The molecule has 17 heavy (non-hydrogen) atoms. The van der Waals surface area contributed by atoms with Gasteiger partial charge in [-0.3, -0.25) is 4.79 Å².